The second-order valence-corrected chi connectivity index (χ2v) is 6.57. The summed E-state index contributed by atoms with van der Waals surface area (Å²) in [6, 6.07) is 0.508. The third kappa shape index (κ3) is 3.12. The Balaban J connectivity index is 2.00. The van der Waals surface area contributed by atoms with E-state index in [9.17, 15) is 0 Å². The molecule has 0 unspecified atom stereocenters. The van der Waals surface area contributed by atoms with Gasteiger partial charge in [-0.3, -0.25) is 0 Å². The van der Waals surface area contributed by atoms with Gasteiger partial charge >= 0.3 is 0 Å². The fraction of sp³-hybridized carbons (Fsp3) is 0.667. The Bertz CT molecular complexity index is 616. The van der Waals surface area contributed by atoms with Gasteiger partial charge in [-0.15, -0.1) is 0 Å². The Morgan fingerprint density at radius 3 is 2.76 bits per heavy atom. The van der Waals surface area contributed by atoms with Crippen LogP contribution in [0.25, 0.3) is 11.2 Å². The fourth-order valence-electron chi connectivity index (χ4n) is 2.98. The molecule has 1 saturated carbocycles. The van der Waals surface area contributed by atoms with Gasteiger partial charge in [0.25, 0.3) is 0 Å². The molecule has 114 valence electrons. The number of aromatic nitrogens is 4. The minimum Gasteiger partial charge on any atom is -0.368 e. The molecule has 21 heavy (non-hydrogen) atoms. The van der Waals surface area contributed by atoms with Gasteiger partial charge in [-0.1, -0.05) is 33.1 Å². The summed E-state index contributed by atoms with van der Waals surface area (Å²) in [6.07, 6.45) is 8.21. The Morgan fingerprint density at radius 2 is 2.05 bits per heavy atom. The summed E-state index contributed by atoms with van der Waals surface area (Å²) in [4.78, 5) is 13.1. The van der Waals surface area contributed by atoms with E-state index in [2.05, 4.69) is 38.7 Å². The Hall–Kier alpha value is -1.36. The van der Waals surface area contributed by atoms with Crippen molar-refractivity contribution in [3.05, 3.63) is 11.6 Å². The van der Waals surface area contributed by atoms with Gasteiger partial charge in [0.2, 0.25) is 5.28 Å². The number of nitrogens with one attached hydrogen (secondary N) is 1. The Morgan fingerprint density at radius 1 is 1.29 bits per heavy atom. The standard InChI is InChI=1S/C15H22ClN5/c1-10(2)8-17-13-12-14(20-15(16)19-13)18-9-21(12)11-6-4-3-5-7-11/h9-11H,3-8H2,1-2H3,(H,17,19,20). The third-order valence-electron chi connectivity index (χ3n) is 4.05. The molecule has 0 aliphatic heterocycles. The molecule has 6 heteroatoms. The van der Waals surface area contributed by atoms with Crippen molar-refractivity contribution in [2.75, 3.05) is 11.9 Å². The summed E-state index contributed by atoms with van der Waals surface area (Å²) in [7, 11) is 0. The van der Waals surface area contributed by atoms with Crippen LogP contribution in [-0.4, -0.2) is 26.1 Å². The molecule has 1 fully saturated rings. The lowest BCUT2D eigenvalue weighted by atomic mass is 9.95. The number of anilines is 1. The van der Waals surface area contributed by atoms with E-state index in [0.717, 1.165) is 17.9 Å². The molecule has 5 nitrogen and oxygen atoms in total. The zero-order valence-electron chi connectivity index (χ0n) is 12.6. The van der Waals surface area contributed by atoms with Crippen molar-refractivity contribution in [1.29, 1.82) is 0 Å². The SMILES string of the molecule is CC(C)CNc1nc(Cl)nc2ncn(C3CCCCC3)c12. The fourth-order valence-corrected chi connectivity index (χ4v) is 3.14. The summed E-state index contributed by atoms with van der Waals surface area (Å²) in [5.41, 5.74) is 1.68. The summed E-state index contributed by atoms with van der Waals surface area (Å²) in [5, 5.41) is 3.65. The molecule has 1 aliphatic carbocycles. The van der Waals surface area contributed by atoms with Crippen LogP contribution < -0.4 is 5.32 Å². The molecular weight excluding hydrogens is 286 g/mol. The molecule has 0 radical (unpaired) electrons. The first-order chi connectivity index (χ1) is 10.1. The lowest BCUT2D eigenvalue weighted by molar-refractivity contribution is 0.359. The average Bonchev–Trinajstić information content (AvgIpc) is 2.89. The van der Waals surface area contributed by atoms with Gasteiger partial charge in [0, 0.05) is 12.6 Å². The van der Waals surface area contributed by atoms with E-state index in [1.807, 2.05) is 6.33 Å². The van der Waals surface area contributed by atoms with E-state index in [1.165, 1.54) is 32.1 Å². The molecule has 2 aromatic heterocycles. The smallest absolute Gasteiger partial charge is 0.226 e. The molecule has 1 N–H and O–H groups in total. The molecule has 0 atom stereocenters. The first-order valence-electron chi connectivity index (χ1n) is 7.79. The normalized spacial score (nSPS) is 16.8. The lowest BCUT2D eigenvalue weighted by Gasteiger charge is -2.24. The van der Waals surface area contributed by atoms with Crippen LogP contribution in [0.1, 0.15) is 52.0 Å². The summed E-state index contributed by atoms with van der Waals surface area (Å²) >= 11 is 6.02. The minimum atomic E-state index is 0.252. The van der Waals surface area contributed by atoms with Crippen LogP contribution in [-0.2, 0) is 0 Å². The van der Waals surface area contributed by atoms with E-state index in [-0.39, 0.29) is 5.28 Å². The van der Waals surface area contributed by atoms with Crippen molar-refractivity contribution in [2.45, 2.75) is 52.0 Å². The maximum absolute atomic E-state index is 6.02. The quantitative estimate of drug-likeness (QED) is 0.866. The van der Waals surface area contributed by atoms with Crippen molar-refractivity contribution in [2.24, 2.45) is 5.92 Å². The molecule has 3 rings (SSSR count). The molecule has 0 aromatic carbocycles. The van der Waals surface area contributed by atoms with Crippen LogP contribution in [0.3, 0.4) is 0 Å². The number of hydrogen-bond acceptors (Lipinski definition) is 4. The highest BCUT2D eigenvalue weighted by Crippen LogP contribution is 2.32. The zero-order chi connectivity index (χ0) is 14.8. The van der Waals surface area contributed by atoms with Crippen molar-refractivity contribution < 1.29 is 0 Å². The second kappa shape index (κ2) is 6.18. The van der Waals surface area contributed by atoms with E-state index in [1.54, 1.807) is 0 Å². The predicted octanol–water partition coefficient (Wildman–Crippen LogP) is 4.05. The summed E-state index contributed by atoms with van der Waals surface area (Å²) in [5.74, 6) is 1.35. The third-order valence-corrected chi connectivity index (χ3v) is 4.22. The number of nitrogens with zero attached hydrogens (tertiary/aromatic N) is 4. The van der Waals surface area contributed by atoms with Crippen LogP contribution in [0, 0.1) is 5.92 Å². The molecule has 0 spiro atoms. The minimum absolute atomic E-state index is 0.252. The van der Waals surface area contributed by atoms with Gasteiger partial charge in [-0.05, 0) is 30.4 Å². The monoisotopic (exact) mass is 307 g/mol. The Labute approximate surface area is 130 Å². The van der Waals surface area contributed by atoms with Crippen LogP contribution in [0.4, 0.5) is 5.82 Å². The topological polar surface area (TPSA) is 55.6 Å². The molecule has 2 aromatic rings. The van der Waals surface area contributed by atoms with Crippen LogP contribution in [0.5, 0.6) is 0 Å². The molecule has 0 amide bonds. The Kier molecular flexibility index (Phi) is 4.29. The van der Waals surface area contributed by atoms with Crippen LogP contribution >= 0.6 is 11.6 Å². The van der Waals surface area contributed by atoms with Crippen LogP contribution in [0.15, 0.2) is 6.33 Å². The van der Waals surface area contributed by atoms with Gasteiger partial charge < -0.3 is 9.88 Å². The first kappa shape index (κ1) is 14.6. The molecule has 2 heterocycles. The van der Waals surface area contributed by atoms with E-state index >= 15 is 0 Å². The van der Waals surface area contributed by atoms with E-state index < -0.39 is 0 Å². The highest BCUT2D eigenvalue weighted by molar-refractivity contribution is 6.28. The summed E-state index contributed by atoms with van der Waals surface area (Å²) in [6.45, 7) is 5.20. The number of halogens is 1. The number of rotatable bonds is 4. The van der Waals surface area contributed by atoms with Gasteiger partial charge in [0.05, 0.1) is 6.33 Å². The van der Waals surface area contributed by atoms with Crippen LogP contribution in [0.2, 0.25) is 5.28 Å². The van der Waals surface area contributed by atoms with Gasteiger partial charge in [-0.2, -0.15) is 9.97 Å². The number of fused-ring (bicyclic) bond motifs is 1. The molecular formula is C15H22ClN5. The maximum atomic E-state index is 6.02. The molecule has 1 aliphatic rings. The van der Waals surface area contributed by atoms with Crippen molar-refractivity contribution in [3.63, 3.8) is 0 Å². The average molecular weight is 308 g/mol. The second-order valence-electron chi connectivity index (χ2n) is 6.23. The first-order valence-corrected chi connectivity index (χ1v) is 8.17. The van der Waals surface area contributed by atoms with Gasteiger partial charge in [0.15, 0.2) is 11.5 Å². The van der Waals surface area contributed by atoms with Crippen molar-refractivity contribution in [3.8, 4) is 0 Å². The van der Waals surface area contributed by atoms with Crippen molar-refractivity contribution >= 4 is 28.6 Å². The highest BCUT2D eigenvalue weighted by Gasteiger charge is 2.20. The maximum Gasteiger partial charge on any atom is 0.226 e. The zero-order valence-corrected chi connectivity index (χ0v) is 13.4. The van der Waals surface area contributed by atoms with E-state index in [0.29, 0.717) is 17.6 Å². The number of imidazole rings is 1. The molecule has 0 bridgehead atoms. The van der Waals surface area contributed by atoms with Gasteiger partial charge in [0.1, 0.15) is 5.52 Å². The number of hydrogen-bond donors (Lipinski definition) is 1. The predicted molar refractivity (Wildman–Crippen MR) is 85.8 cm³/mol. The van der Waals surface area contributed by atoms with Crippen molar-refractivity contribution in [1.82, 2.24) is 19.5 Å². The van der Waals surface area contributed by atoms with Gasteiger partial charge in [-0.25, -0.2) is 4.98 Å². The lowest BCUT2D eigenvalue weighted by Crippen LogP contribution is -2.15. The largest absolute Gasteiger partial charge is 0.368 e. The molecule has 0 saturated heterocycles. The van der Waals surface area contributed by atoms with E-state index in [4.69, 9.17) is 11.6 Å². The summed E-state index contributed by atoms with van der Waals surface area (Å²) < 4.78 is 2.24. The highest BCUT2D eigenvalue weighted by atomic mass is 35.5.